The van der Waals surface area contributed by atoms with E-state index in [9.17, 15) is 9.36 Å². The molecule has 0 radical (unpaired) electrons. The number of hydrogen-bond donors (Lipinski definition) is 0. The molecule has 0 saturated carbocycles. The van der Waals surface area contributed by atoms with E-state index in [1.54, 1.807) is 27.3 Å². The van der Waals surface area contributed by atoms with Gasteiger partial charge in [0, 0.05) is 7.05 Å². The molecule has 0 aliphatic heterocycles. The molecule has 5 heteroatoms. The Bertz CT molecular complexity index is 199. The number of nitrogens with zero attached hydrogens (tertiary/aromatic N) is 1. The molecule has 0 spiro atoms. The third-order valence-corrected chi connectivity index (χ3v) is 2.24. The van der Waals surface area contributed by atoms with Gasteiger partial charge in [-0.25, -0.2) is 4.79 Å². The van der Waals surface area contributed by atoms with Crippen LogP contribution in [0.4, 0.5) is 4.79 Å². The van der Waals surface area contributed by atoms with E-state index in [1.165, 1.54) is 4.90 Å². The van der Waals surface area contributed by atoms with Crippen molar-refractivity contribution in [3.8, 4) is 0 Å². The highest BCUT2D eigenvalue weighted by Crippen LogP contribution is 2.35. The van der Waals surface area contributed by atoms with Gasteiger partial charge in [-0.05, 0) is 20.3 Å². The molecule has 0 fully saturated rings. The first-order chi connectivity index (χ1) is 5.37. The van der Waals surface area contributed by atoms with Gasteiger partial charge in [0.2, 0.25) is 0 Å². The highest BCUT2D eigenvalue weighted by atomic mass is 31.2. The Kier molecular flexibility index (Phi) is 4.32. The molecule has 0 N–H and O–H groups in total. The quantitative estimate of drug-likeness (QED) is 0.640. The fourth-order valence-electron chi connectivity index (χ4n) is 0.802. The van der Waals surface area contributed by atoms with Gasteiger partial charge in [0.1, 0.15) is 7.14 Å². The fraction of sp³-hybridized carbons (Fsp3) is 0.857. The predicted octanol–water partition coefficient (Wildman–Crippen LogP) is 1.65. The zero-order valence-electron chi connectivity index (χ0n) is 8.03. The molecule has 0 bridgehead atoms. The second-order valence-electron chi connectivity index (χ2n) is 3.11. The minimum atomic E-state index is -2.17. The number of carbonyl (C=O) groups is 1. The van der Waals surface area contributed by atoms with Gasteiger partial charge in [0.05, 0.1) is 12.9 Å². The van der Waals surface area contributed by atoms with Crippen LogP contribution in [0.2, 0.25) is 0 Å². The Morgan fingerprint density at radius 2 is 2.00 bits per heavy atom. The Morgan fingerprint density at radius 3 is 2.33 bits per heavy atom. The van der Waals surface area contributed by atoms with E-state index in [0.717, 1.165) is 0 Å². The summed E-state index contributed by atoms with van der Waals surface area (Å²) in [5, 5.41) is 0. The first-order valence-corrected chi connectivity index (χ1v) is 6.57. The van der Waals surface area contributed by atoms with Crippen molar-refractivity contribution in [1.29, 1.82) is 0 Å². The summed E-state index contributed by atoms with van der Waals surface area (Å²) < 4.78 is 16.0. The van der Waals surface area contributed by atoms with Crippen LogP contribution >= 0.6 is 7.14 Å². The van der Waals surface area contributed by atoms with Gasteiger partial charge in [-0.3, -0.25) is 0 Å². The third-order valence-electron chi connectivity index (χ3n) is 1.13. The summed E-state index contributed by atoms with van der Waals surface area (Å²) in [4.78, 5) is 12.3. The lowest BCUT2D eigenvalue weighted by Crippen LogP contribution is -2.28. The van der Waals surface area contributed by atoms with Crippen LogP contribution in [0.5, 0.6) is 0 Å². The van der Waals surface area contributed by atoms with Gasteiger partial charge in [-0.2, -0.15) is 0 Å². The van der Waals surface area contributed by atoms with E-state index in [1.807, 2.05) is 0 Å². The molecule has 4 nitrogen and oxygen atoms in total. The summed E-state index contributed by atoms with van der Waals surface area (Å²) in [5.41, 5.74) is 0. The Balaban J connectivity index is 3.96. The molecule has 0 aliphatic rings. The van der Waals surface area contributed by atoms with Crippen LogP contribution < -0.4 is 0 Å². The van der Waals surface area contributed by atoms with Crippen LogP contribution in [0.3, 0.4) is 0 Å². The summed E-state index contributed by atoms with van der Waals surface area (Å²) in [6.07, 6.45) is -0.146. The van der Waals surface area contributed by atoms with Gasteiger partial charge in [-0.15, -0.1) is 0 Å². The largest absolute Gasteiger partial charge is 0.450 e. The molecule has 72 valence electrons. The number of amides is 1. The normalized spacial score (nSPS) is 11.0. The lowest BCUT2D eigenvalue weighted by Gasteiger charge is -2.18. The zero-order chi connectivity index (χ0) is 9.78. The second kappa shape index (κ2) is 4.51. The minimum absolute atomic E-state index is 0.270. The fourth-order valence-corrected chi connectivity index (χ4v) is 1.94. The molecule has 0 heterocycles. The summed E-state index contributed by atoms with van der Waals surface area (Å²) in [6.45, 7) is 5.37. The maximum Gasteiger partial charge on any atom is 0.409 e. The van der Waals surface area contributed by atoms with Gasteiger partial charge < -0.3 is 14.2 Å². The molecule has 0 unspecified atom stereocenters. The topological polar surface area (TPSA) is 46.6 Å². The Hall–Kier alpha value is -0.500. The van der Waals surface area contributed by atoms with Crippen LogP contribution in [0.25, 0.3) is 0 Å². The lowest BCUT2D eigenvalue weighted by atomic mass is 10.8. The van der Waals surface area contributed by atoms with Crippen molar-refractivity contribution in [2.24, 2.45) is 0 Å². The maximum absolute atomic E-state index is 11.3. The molecular weight excluding hydrogens is 177 g/mol. The molecule has 0 rings (SSSR count). The van der Waals surface area contributed by atoms with Crippen molar-refractivity contribution in [3.05, 3.63) is 0 Å². The average molecular weight is 193 g/mol. The summed E-state index contributed by atoms with van der Waals surface area (Å²) in [7, 11) is -0.593. The van der Waals surface area contributed by atoms with E-state index in [2.05, 4.69) is 0 Å². The summed E-state index contributed by atoms with van der Waals surface area (Å²) >= 11 is 0. The number of ether oxygens (including phenoxy) is 1. The van der Waals surface area contributed by atoms with E-state index in [0.29, 0.717) is 6.61 Å². The first-order valence-electron chi connectivity index (χ1n) is 3.78. The molecule has 0 atom stereocenters. The monoisotopic (exact) mass is 193 g/mol. The molecule has 0 aromatic heterocycles. The Morgan fingerprint density at radius 1 is 1.50 bits per heavy atom. The number of hydrogen-bond acceptors (Lipinski definition) is 3. The molecule has 1 amide bonds. The van der Waals surface area contributed by atoms with Gasteiger partial charge >= 0.3 is 6.09 Å². The van der Waals surface area contributed by atoms with Crippen LogP contribution in [0, 0.1) is 0 Å². The SMILES string of the molecule is CCOC(=O)N(C)CP(C)(C)=O. The van der Waals surface area contributed by atoms with Gasteiger partial charge in [0.15, 0.2) is 0 Å². The summed E-state index contributed by atoms with van der Waals surface area (Å²) in [6, 6.07) is 0. The predicted molar refractivity (Wildman–Crippen MR) is 49.1 cm³/mol. The van der Waals surface area contributed by atoms with Crippen LogP contribution in [0.15, 0.2) is 0 Å². The molecule has 0 aromatic rings. The molecular formula is C7H16NO3P. The highest BCUT2D eigenvalue weighted by Gasteiger charge is 2.16. The van der Waals surface area contributed by atoms with Gasteiger partial charge in [0.25, 0.3) is 0 Å². The van der Waals surface area contributed by atoms with Crippen molar-refractivity contribution in [2.45, 2.75) is 6.92 Å². The molecule has 0 aliphatic carbocycles. The van der Waals surface area contributed by atoms with Crippen molar-refractivity contribution >= 4 is 13.2 Å². The minimum Gasteiger partial charge on any atom is -0.450 e. The first kappa shape index (κ1) is 11.5. The van der Waals surface area contributed by atoms with Crippen molar-refractivity contribution in [3.63, 3.8) is 0 Å². The Labute approximate surface area is 73.3 Å². The smallest absolute Gasteiger partial charge is 0.409 e. The van der Waals surface area contributed by atoms with E-state index in [-0.39, 0.29) is 6.29 Å². The third kappa shape index (κ3) is 5.19. The van der Waals surface area contributed by atoms with Crippen LogP contribution in [-0.4, -0.2) is 44.3 Å². The molecule has 0 aromatic carbocycles. The van der Waals surface area contributed by atoms with Gasteiger partial charge in [-0.1, -0.05) is 0 Å². The van der Waals surface area contributed by atoms with Crippen LogP contribution in [0.1, 0.15) is 6.92 Å². The van der Waals surface area contributed by atoms with E-state index in [4.69, 9.17) is 4.74 Å². The molecule has 12 heavy (non-hydrogen) atoms. The standard InChI is InChI=1S/C7H16NO3P/c1-5-11-7(9)8(2)6-12(3,4)10/h5-6H2,1-4H3. The average Bonchev–Trinajstić information content (AvgIpc) is 1.84. The van der Waals surface area contributed by atoms with Crippen molar-refractivity contribution < 1.29 is 14.1 Å². The maximum atomic E-state index is 11.3. The number of rotatable bonds is 3. The van der Waals surface area contributed by atoms with Crippen molar-refractivity contribution in [1.82, 2.24) is 4.90 Å². The molecule has 0 saturated heterocycles. The zero-order valence-corrected chi connectivity index (χ0v) is 8.93. The van der Waals surface area contributed by atoms with Crippen molar-refractivity contribution in [2.75, 3.05) is 33.3 Å². The van der Waals surface area contributed by atoms with E-state index < -0.39 is 13.2 Å². The highest BCUT2D eigenvalue weighted by molar-refractivity contribution is 7.62. The number of carbonyl (C=O) groups excluding carboxylic acids is 1. The second-order valence-corrected chi connectivity index (χ2v) is 6.54. The van der Waals surface area contributed by atoms with Crippen LogP contribution in [-0.2, 0) is 9.30 Å². The summed E-state index contributed by atoms with van der Waals surface area (Å²) in [5.74, 6) is 0. The lowest BCUT2D eigenvalue weighted by molar-refractivity contribution is 0.121. The van der Waals surface area contributed by atoms with E-state index >= 15 is 0 Å².